The van der Waals surface area contributed by atoms with Crippen molar-refractivity contribution in [3.63, 3.8) is 0 Å². The van der Waals surface area contributed by atoms with Crippen molar-refractivity contribution >= 4 is 18.2 Å². The molecular formula is C21H31N5OS. The third kappa shape index (κ3) is 4.64. The molecule has 2 aliphatic rings. The van der Waals surface area contributed by atoms with Crippen LogP contribution < -0.4 is 4.90 Å². The minimum absolute atomic E-state index is 0.639. The van der Waals surface area contributed by atoms with Crippen LogP contribution in [0.5, 0.6) is 0 Å². The molecule has 7 heteroatoms. The Morgan fingerprint density at radius 1 is 1.18 bits per heavy atom. The molecule has 2 aromatic rings. The lowest BCUT2D eigenvalue weighted by atomic mass is 10.2. The van der Waals surface area contributed by atoms with Crippen LogP contribution in [0.2, 0.25) is 0 Å². The van der Waals surface area contributed by atoms with E-state index in [1.165, 1.54) is 18.4 Å². The Bertz CT molecular complexity index is 821. The van der Waals surface area contributed by atoms with Crippen LogP contribution >= 0.6 is 12.2 Å². The first-order valence-electron chi connectivity index (χ1n) is 10.4. The average molecular weight is 402 g/mol. The Morgan fingerprint density at radius 2 is 1.89 bits per heavy atom. The van der Waals surface area contributed by atoms with Crippen molar-refractivity contribution in [3.8, 4) is 0 Å². The molecule has 0 unspecified atom stereocenters. The van der Waals surface area contributed by atoms with E-state index in [-0.39, 0.29) is 0 Å². The van der Waals surface area contributed by atoms with E-state index in [9.17, 15) is 0 Å². The van der Waals surface area contributed by atoms with Gasteiger partial charge in [-0.25, -0.2) is 4.68 Å². The quantitative estimate of drug-likeness (QED) is 0.634. The molecule has 1 aromatic heterocycles. The van der Waals surface area contributed by atoms with Gasteiger partial charge in [-0.2, -0.15) is 0 Å². The fourth-order valence-electron chi connectivity index (χ4n) is 3.83. The van der Waals surface area contributed by atoms with Crippen molar-refractivity contribution in [2.75, 3.05) is 37.7 Å². The number of hydrogen-bond acceptors (Lipinski definition) is 5. The lowest BCUT2D eigenvalue weighted by molar-refractivity contribution is 0.121. The molecule has 1 saturated heterocycles. The number of hydrogen-bond donors (Lipinski definition) is 0. The molecule has 0 radical (unpaired) electrons. The summed E-state index contributed by atoms with van der Waals surface area (Å²) in [5, 5.41) is 4.99. The van der Waals surface area contributed by atoms with Gasteiger partial charge in [-0.3, -0.25) is 9.47 Å². The zero-order valence-corrected chi connectivity index (χ0v) is 17.8. The fraction of sp³-hybridized carbons (Fsp3) is 0.619. The van der Waals surface area contributed by atoms with Crippen LogP contribution in [0.25, 0.3) is 0 Å². The van der Waals surface area contributed by atoms with Gasteiger partial charge in [-0.05, 0) is 36.5 Å². The summed E-state index contributed by atoms with van der Waals surface area (Å²) in [4.78, 5) is 4.85. The molecular weight excluding hydrogens is 370 g/mol. The monoisotopic (exact) mass is 401 g/mol. The molecule has 0 spiro atoms. The van der Waals surface area contributed by atoms with Gasteiger partial charge in [0.15, 0.2) is 0 Å². The maximum absolute atomic E-state index is 5.90. The highest BCUT2D eigenvalue weighted by Gasteiger charge is 2.30. The number of nitrogens with zero attached hydrogens (tertiary/aromatic N) is 5. The maximum atomic E-state index is 5.90. The molecule has 2 heterocycles. The zero-order valence-electron chi connectivity index (χ0n) is 17.0. The van der Waals surface area contributed by atoms with Crippen LogP contribution in [-0.4, -0.2) is 58.1 Å². The normalized spacial score (nSPS) is 17.6. The highest BCUT2D eigenvalue weighted by Crippen LogP contribution is 2.28. The standard InChI is InChI=1S/C21H31N5OS/c1-17(2)14-24(19-8-9-19)16-26-21(28)25(15-18-6-4-3-5-7-18)20(22-26)23-10-12-27-13-11-23/h3-7,17,19H,8-16H2,1-2H3. The Balaban J connectivity index is 1.63. The van der Waals surface area contributed by atoms with Crippen molar-refractivity contribution in [2.24, 2.45) is 5.92 Å². The minimum Gasteiger partial charge on any atom is -0.378 e. The van der Waals surface area contributed by atoms with Crippen LogP contribution in [0, 0.1) is 10.7 Å². The molecule has 28 heavy (non-hydrogen) atoms. The van der Waals surface area contributed by atoms with Gasteiger partial charge in [0, 0.05) is 25.7 Å². The molecule has 2 fully saturated rings. The average Bonchev–Trinajstić information content (AvgIpc) is 3.51. The number of benzene rings is 1. The lowest BCUT2D eigenvalue weighted by Gasteiger charge is -2.27. The van der Waals surface area contributed by atoms with Gasteiger partial charge in [-0.1, -0.05) is 44.2 Å². The summed E-state index contributed by atoms with van der Waals surface area (Å²) < 4.78 is 10.6. The van der Waals surface area contributed by atoms with Gasteiger partial charge in [0.05, 0.1) is 26.4 Å². The van der Waals surface area contributed by atoms with Gasteiger partial charge in [0.25, 0.3) is 0 Å². The van der Waals surface area contributed by atoms with Gasteiger partial charge >= 0.3 is 0 Å². The molecule has 0 amide bonds. The van der Waals surface area contributed by atoms with Gasteiger partial charge < -0.3 is 9.64 Å². The highest BCUT2D eigenvalue weighted by atomic mass is 32.1. The molecule has 0 atom stereocenters. The van der Waals surface area contributed by atoms with Crippen LogP contribution in [0.15, 0.2) is 30.3 Å². The highest BCUT2D eigenvalue weighted by molar-refractivity contribution is 7.71. The van der Waals surface area contributed by atoms with Crippen LogP contribution in [0.4, 0.5) is 5.95 Å². The Labute approximate surface area is 172 Å². The molecule has 1 saturated carbocycles. The number of ether oxygens (including phenoxy) is 1. The first-order chi connectivity index (χ1) is 13.6. The lowest BCUT2D eigenvalue weighted by Crippen LogP contribution is -2.38. The van der Waals surface area contributed by atoms with Crippen LogP contribution in [-0.2, 0) is 18.0 Å². The number of rotatable bonds is 8. The van der Waals surface area contributed by atoms with Gasteiger partial charge in [0.1, 0.15) is 0 Å². The van der Waals surface area contributed by atoms with E-state index in [1.807, 2.05) is 4.68 Å². The number of morpholine rings is 1. The van der Waals surface area contributed by atoms with Crippen LogP contribution in [0.3, 0.4) is 0 Å². The first-order valence-corrected chi connectivity index (χ1v) is 10.8. The van der Waals surface area contributed by atoms with E-state index < -0.39 is 0 Å². The molecule has 6 nitrogen and oxygen atoms in total. The molecule has 152 valence electrons. The topological polar surface area (TPSA) is 38.5 Å². The number of aromatic nitrogens is 3. The fourth-order valence-corrected chi connectivity index (χ4v) is 4.07. The second-order valence-corrected chi connectivity index (χ2v) is 8.66. The molecule has 0 N–H and O–H groups in total. The van der Waals surface area contributed by atoms with E-state index in [0.717, 1.165) is 56.8 Å². The number of anilines is 1. The molecule has 4 rings (SSSR count). The van der Waals surface area contributed by atoms with E-state index in [2.05, 4.69) is 58.5 Å². The zero-order chi connectivity index (χ0) is 19.5. The third-order valence-corrected chi connectivity index (χ3v) is 5.79. The Kier molecular flexibility index (Phi) is 6.13. The summed E-state index contributed by atoms with van der Waals surface area (Å²) >= 11 is 5.90. The minimum atomic E-state index is 0.639. The summed E-state index contributed by atoms with van der Waals surface area (Å²) in [5.74, 6) is 1.61. The Hall–Kier alpha value is -1.70. The van der Waals surface area contributed by atoms with Crippen molar-refractivity contribution in [2.45, 2.75) is 45.9 Å². The Morgan fingerprint density at radius 3 is 2.54 bits per heavy atom. The maximum Gasteiger partial charge on any atom is 0.226 e. The van der Waals surface area contributed by atoms with Crippen molar-refractivity contribution in [3.05, 3.63) is 40.7 Å². The predicted molar refractivity (Wildman–Crippen MR) is 114 cm³/mol. The van der Waals surface area contributed by atoms with E-state index in [4.69, 9.17) is 22.1 Å². The van der Waals surface area contributed by atoms with E-state index in [0.29, 0.717) is 12.0 Å². The van der Waals surface area contributed by atoms with Crippen LogP contribution in [0.1, 0.15) is 32.3 Å². The summed E-state index contributed by atoms with van der Waals surface area (Å²) in [6.45, 7) is 10.4. The third-order valence-electron chi connectivity index (χ3n) is 5.36. The van der Waals surface area contributed by atoms with Crippen molar-refractivity contribution in [1.82, 2.24) is 19.2 Å². The SMILES string of the molecule is CC(C)CN(Cn1nc(N2CCOCC2)n(Cc2ccccc2)c1=S)C1CC1. The molecule has 1 aliphatic heterocycles. The van der Waals surface area contributed by atoms with Crippen molar-refractivity contribution < 1.29 is 4.74 Å². The second kappa shape index (κ2) is 8.76. The van der Waals surface area contributed by atoms with E-state index >= 15 is 0 Å². The molecule has 1 aromatic carbocycles. The summed E-state index contributed by atoms with van der Waals surface area (Å²) in [5.41, 5.74) is 1.24. The van der Waals surface area contributed by atoms with Crippen molar-refractivity contribution in [1.29, 1.82) is 0 Å². The largest absolute Gasteiger partial charge is 0.378 e. The second-order valence-electron chi connectivity index (χ2n) is 8.29. The van der Waals surface area contributed by atoms with Gasteiger partial charge in [0.2, 0.25) is 10.7 Å². The summed E-state index contributed by atoms with van der Waals surface area (Å²) in [6, 6.07) is 11.2. The first kappa shape index (κ1) is 19.6. The summed E-state index contributed by atoms with van der Waals surface area (Å²) in [6.07, 6.45) is 2.59. The molecule has 1 aliphatic carbocycles. The molecule has 0 bridgehead atoms. The smallest absolute Gasteiger partial charge is 0.226 e. The summed E-state index contributed by atoms with van der Waals surface area (Å²) in [7, 11) is 0. The van der Waals surface area contributed by atoms with Gasteiger partial charge in [-0.15, -0.1) is 5.10 Å². The predicted octanol–water partition coefficient (Wildman–Crippen LogP) is 3.38. The van der Waals surface area contributed by atoms with E-state index in [1.54, 1.807) is 0 Å².